The first-order valence-electron chi connectivity index (χ1n) is 9.51. The summed E-state index contributed by atoms with van der Waals surface area (Å²) in [4.78, 5) is 14.6. The minimum Gasteiger partial charge on any atom is -0.352 e. The second-order valence-corrected chi connectivity index (χ2v) is 7.43. The molecule has 2 aromatic carbocycles. The highest BCUT2D eigenvalue weighted by Crippen LogP contribution is 2.16. The summed E-state index contributed by atoms with van der Waals surface area (Å²) in [7, 11) is 0. The van der Waals surface area contributed by atoms with Crippen LogP contribution >= 0.6 is 11.6 Å². The van der Waals surface area contributed by atoms with Gasteiger partial charge >= 0.3 is 0 Å². The molecule has 2 aromatic rings. The van der Waals surface area contributed by atoms with Gasteiger partial charge in [0, 0.05) is 24.5 Å². The lowest BCUT2D eigenvalue weighted by atomic mass is 10.1. The molecular formula is C22H27ClN2O. The van der Waals surface area contributed by atoms with Gasteiger partial charge in [-0.15, -0.1) is 0 Å². The van der Waals surface area contributed by atoms with Gasteiger partial charge in [-0.05, 0) is 55.1 Å². The van der Waals surface area contributed by atoms with E-state index in [1.54, 1.807) is 0 Å². The minimum atomic E-state index is 0.0577. The molecule has 0 unspecified atom stereocenters. The minimum absolute atomic E-state index is 0.0577. The molecule has 1 aliphatic rings. The molecule has 1 amide bonds. The Morgan fingerprint density at radius 3 is 2.38 bits per heavy atom. The van der Waals surface area contributed by atoms with E-state index in [0.717, 1.165) is 22.7 Å². The Kier molecular flexibility index (Phi) is 7.10. The van der Waals surface area contributed by atoms with Crippen LogP contribution in [0.5, 0.6) is 0 Å². The summed E-state index contributed by atoms with van der Waals surface area (Å²) >= 11 is 6.13. The predicted molar refractivity (Wildman–Crippen MR) is 107 cm³/mol. The molecular weight excluding hydrogens is 344 g/mol. The summed E-state index contributed by atoms with van der Waals surface area (Å²) in [6.07, 6.45) is 5.12. The first-order chi connectivity index (χ1) is 12.7. The lowest BCUT2D eigenvalue weighted by Gasteiger charge is -2.26. The van der Waals surface area contributed by atoms with Gasteiger partial charge < -0.3 is 5.32 Å². The van der Waals surface area contributed by atoms with Crippen LogP contribution in [0.4, 0.5) is 0 Å². The molecule has 4 heteroatoms. The number of piperidine rings is 1. The topological polar surface area (TPSA) is 32.3 Å². The number of hydrogen-bond donors (Lipinski definition) is 1. The normalized spacial score (nSPS) is 15.0. The molecule has 0 spiro atoms. The zero-order valence-electron chi connectivity index (χ0n) is 15.2. The Bertz CT molecular complexity index is 708. The Balaban J connectivity index is 1.41. The van der Waals surface area contributed by atoms with E-state index in [4.69, 9.17) is 11.6 Å². The summed E-state index contributed by atoms with van der Waals surface area (Å²) in [5, 5.41) is 3.72. The standard InChI is InChI=1S/C22H27ClN2O/c23-21-7-3-2-6-20(21)12-13-22(26)24-16-18-8-10-19(11-9-18)17-25-14-4-1-5-15-25/h2-3,6-11H,1,4-5,12-17H2,(H,24,26). The third-order valence-electron chi connectivity index (χ3n) is 4.95. The molecule has 1 N–H and O–H groups in total. The van der Waals surface area contributed by atoms with Gasteiger partial charge in [0.25, 0.3) is 0 Å². The highest BCUT2D eigenvalue weighted by Gasteiger charge is 2.10. The van der Waals surface area contributed by atoms with Crippen molar-refractivity contribution >= 4 is 17.5 Å². The van der Waals surface area contributed by atoms with Crippen LogP contribution in [0.3, 0.4) is 0 Å². The average Bonchev–Trinajstić information content (AvgIpc) is 2.68. The summed E-state index contributed by atoms with van der Waals surface area (Å²) in [6, 6.07) is 16.3. The molecule has 138 valence electrons. The maximum atomic E-state index is 12.1. The monoisotopic (exact) mass is 370 g/mol. The number of aryl methyl sites for hydroxylation is 1. The van der Waals surface area contributed by atoms with Crippen molar-refractivity contribution < 1.29 is 4.79 Å². The van der Waals surface area contributed by atoms with Crippen molar-refractivity contribution in [2.24, 2.45) is 0 Å². The van der Waals surface area contributed by atoms with Crippen LogP contribution in [0.2, 0.25) is 5.02 Å². The van der Waals surface area contributed by atoms with Gasteiger partial charge in [-0.3, -0.25) is 9.69 Å². The number of halogens is 1. The second-order valence-electron chi connectivity index (χ2n) is 7.02. The van der Waals surface area contributed by atoms with Crippen molar-refractivity contribution in [3.05, 3.63) is 70.2 Å². The highest BCUT2D eigenvalue weighted by molar-refractivity contribution is 6.31. The average molecular weight is 371 g/mol. The van der Waals surface area contributed by atoms with E-state index in [2.05, 4.69) is 34.5 Å². The molecule has 0 saturated carbocycles. The van der Waals surface area contributed by atoms with Crippen molar-refractivity contribution in [2.75, 3.05) is 13.1 Å². The summed E-state index contributed by atoms with van der Waals surface area (Å²) in [5.41, 5.74) is 3.51. The fourth-order valence-corrected chi connectivity index (χ4v) is 3.61. The van der Waals surface area contributed by atoms with Gasteiger partial charge in [-0.2, -0.15) is 0 Å². The molecule has 3 rings (SSSR count). The number of amides is 1. The van der Waals surface area contributed by atoms with Crippen LogP contribution in [0.15, 0.2) is 48.5 Å². The molecule has 0 aliphatic carbocycles. The van der Waals surface area contributed by atoms with Crippen molar-refractivity contribution in [3.8, 4) is 0 Å². The Hall–Kier alpha value is -1.84. The van der Waals surface area contributed by atoms with Gasteiger partial charge in [0.1, 0.15) is 0 Å². The zero-order valence-corrected chi connectivity index (χ0v) is 16.0. The van der Waals surface area contributed by atoms with Crippen molar-refractivity contribution in [2.45, 2.75) is 45.2 Å². The highest BCUT2D eigenvalue weighted by atomic mass is 35.5. The molecule has 26 heavy (non-hydrogen) atoms. The molecule has 1 heterocycles. The smallest absolute Gasteiger partial charge is 0.220 e. The number of benzene rings is 2. The van der Waals surface area contributed by atoms with Crippen LogP contribution in [-0.4, -0.2) is 23.9 Å². The largest absolute Gasteiger partial charge is 0.352 e. The number of nitrogens with zero attached hydrogens (tertiary/aromatic N) is 1. The van der Waals surface area contributed by atoms with Crippen molar-refractivity contribution in [1.29, 1.82) is 0 Å². The Morgan fingerprint density at radius 2 is 1.65 bits per heavy atom. The van der Waals surface area contributed by atoms with E-state index in [1.165, 1.54) is 37.9 Å². The molecule has 1 fully saturated rings. The van der Waals surface area contributed by atoms with Gasteiger partial charge in [0.2, 0.25) is 5.91 Å². The lowest BCUT2D eigenvalue weighted by molar-refractivity contribution is -0.121. The van der Waals surface area contributed by atoms with Crippen LogP contribution in [0.25, 0.3) is 0 Å². The van der Waals surface area contributed by atoms with Gasteiger partial charge in [-0.1, -0.05) is 60.5 Å². The quantitative estimate of drug-likeness (QED) is 0.774. The molecule has 1 saturated heterocycles. The van der Waals surface area contributed by atoms with Gasteiger partial charge in [-0.25, -0.2) is 0 Å². The van der Waals surface area contributed by atoms with E-state index in [1.807, 2.05) is 24.3 Å². The van der Waals surface area contributed by atoms with E-state index in [9.17, 15) is 4.79 Å². The molecule has 0 atom stereocenters. The second kappa shape index (κ2) is 9.75. The van der Waals surface area contributed by atoms with Gasteiger partial charge in [0.15, 0.2) is 0 Å². The summed E-state index contributed by atoms with van der Waals surface area (Å²) in [6.45, 7) is 4.03. The number of hydrogen-bond acceptors (Lipinski definition) is 2. The summed E-state index contributed by atoms with van der Waals surface area (Å²) < 4.78 is 0. The predicted octanol–water partition coefficient (Wildman–Crippen LogP) is 4.57. The Morgan fingerprint density at radius 1 is 0.962 bits per heavy atom. The molecule has 0 bridgehead atoms. The number of carbonyl (C=O) groups excluding carboxylic acids is 1. The molecule has 1 aliphatic heterocycles. The number of nitrogens with one attached hydrogen (secondary N) is 1. The number of carbonyl (C=O) groups is 1. The van der Waals surface area contributed by atoms with E-state index in [-0.39, 0.29) is 5.91 Å². The fraction of sp³-hybridized carbons (Fsp3) is 0.409. The van der Waals surface area contributed by atoms with Crippen molar-refractivity contribution in [3.63, 3.8) is 0 Å². The molecule has 3 nitrogen and oxygen atoms in total. The van der Waals surface area contributed by atoms with Crippen LogP contribution < -0.4 is 5.32 Å². The first-order valence-corrected chi connectivity index (χ1v) is 9.89. The van der Waals surface area contributed by atoms with E-state index < -0.39 is 0 Å². The van der Waals surface area contributed by atoms with Crippen LogP contribution in [0, 0.1) is 0 Å². The zero-order chi connectivity index (χ0) is 18.2. The molecule has 0 aromatic heterocycles. The van der Waals surface area contributed by atoms with E-state index in [0.29, 0.717) is 19.4 Å². The lowest BCUT2D eigenvalue weighted by Crippen LogP contribution is -2.29. The van der Waals surface area contributed by atoms with Crippen LogP contribution in [0.1, 0.15) is 42.4 Å². The first kappa shape index (κ1) is 18.9. The number of likely N-dealkylation sites (tertiary alicyclic amines) is 1. The van der Waals surface area contributed by atoms with Crippen molar-refractivity contribution in [1.82, 2.24) is 10.2 Å². The van der Waals surface area contributed by atoms with Gasteiger partial charge in [0.05, 0.1) is 0 Å². The maximum Gasteiger partial charge on any atom is 0.220 e. The third kappa shape index (κ3) is 5.86. The molecule has 0 radical (unpaired) electrons. The SMILES string of the molecule is O=C(CCc1ccccc1Cl)NCc1ccc(CN2CCCCC2)cc1. The fourth-order valence-electron chi connectivity index (χ4n) is 3.38. The van der Waals surface area contributed by atoms with Crippen LogP contribution in [-0.2, 0) is 24.3 Å². The maximum absolute atomic E-state index is 12.1. The Labute approximate surface area is 161 Å². The number of rotatable bonds is 7. The third-order valence-corrected chi connectivity index (χ3v) is 5.32. The summed E-state index contributed by atoms with van der Waals surface area (Å²) in [5.74, 6) is 0.0577. The van der Waals surface area contributed by atoms with E-state index >= 15 is 0 Å².